The molecule has 3 N–H and O–H groups in total. The Morgan fingerprint density at radius 1 is 1.64 bits per heavy atom. The van der Waals surface area contributed by atoms with Gasteiger partial charge in [0.2, 0.25) is 0 Å². The summed E-state index contributed by atoms with van der Waals surface area (Å²) in [4.78, 5) is 0. The number of nitrogens with zero attached hydrogens (tertiary/aromatic N) is 1. The molecule has 0 amide bonds. The van der Waals surface area contributed by atoms with E-state index in [0.29, 0.717) is 17.3 Å². The third-order valence-corrected chi connectivity index (χ3v) is 1.53. The molecule has 0 heterocycles. The van der Waals surface area contributed by atoms with Crippen molar-refractivity contribution in [3.05, 3.63) is 35.7 Å². The molecule has 0 saturated heterocycles. The first-order valence-corrected chi connectivity index (χ1v) is 3.47. The van der Waals surface area contributed by atoms with Gasteiger partial charge in [0.15, 0.2) is 0 Å². The Balaban J connectivity index is 2.97. The first kappa shape index (κ1) is 7.72. The summed E-state index contributed by atoms with van der Waals surface area (Å²) in [6.07, 6.45) is 7.50. The van der Waals surface area contributed by atoms with Crippen molar-refractivity contribution in [2.24, 2.45) is 16.8 Å². The van der Waals surface area contributed by atoms with Crippen molar-refractivity contribution in [3.63, 3.8) is 0 Å². The Labute approximate surface area is 65.8 Å². The van der Waals surface area contributed by atoms with E-state index in [1.54, 1.807) is 6.08 Å². The van der Waals surface area contributed by atoms with Crippen LogP contribution in [0.25, 0.3) is 0 Å². The number of hydrogen-bond donors (Lipinski definition) is 2. The number of allylic oxidation sites excluding steroid dienone is 4. The Kier molecular flexibility index (Phi) is 2.21. The molecule has 1 rings (SSSR count). The van der Waals surface area contributed by atoms with Crippen molar-refractivity contribution < 1.29 is 0 Å². The van der Waals surface area contributed by atoms with Gasteiger partial charge in [-0.25, -0.2) is 5.53 Å². The molecular weight excluding hydrogens is 138 g/mol. The number of rotatable bonds is 1. The molecule has 0 aromatic carbocycles. The van der Waals surface area contributed by atoms with Crippen molar-refractivity contribution in [2.75, 3.05) is 0 Å². The lowest BCUT2D eigenvalue weighted by atomic mass is 10.1. The van der Waals surface area contributed by atoms with Gasteiger partial charge in [0.1, 0.15) is 5.70 Å². The fraction of sp³-hybridized carbons (Fsp3) is 0.250. The van der Waals surface area contributed by atoms with Crippen LogP contribution in [0.1, 0.15) is 6.92 Å². The van der Waals surface area contributed by atoms with E-state index in [1.165, 1.54) is 0 Å². The zero-order chi connectivity index (χ0) is 8.27. The molecule has 1 unspecified atom stereocenters. The van der Waals surface area contributed by atoms with Crippen LogP contribution in [-0.2, 0) is 0 Å². The fourth-order valence-corrected chi connectivity index (χ4v) is 0.944. The van der Waals surface area contributed by atoms with Gasteiger partial charge in [0, 0.05) is 0 Å². The summed E-state index contributed by atoms with van der Waals surface area (Å²) in [6, 6.07) is 0. The van der Waals surface area contributed by atoms with E-state index in [-0.39, 0.29) is 0 Å². The zero-order valence-corrected chi connectivity index (χ0v) is 6.41. The van der Waals surface area contributed by atoms with E-state index in [4.69, 9.17) is 11.3 Å². The van der Waals surface area contributed by atoms with Crippen LogP contribution in [0.2, 0.25) is 0 Å². The van der Waals surface area contributed by atoms with Crippen molar-refractivity contribution >= 4 is 0 Å². The van der Waals surface area contributed by atoms with E-state index in [2.05, 4.69) is 5.11 Å². The van der Waals surface area contributed by atoms with Gasteiger partial charge in [-0.05, 0) is 12.0 Å². The summed E-state index contributed by atoms with van der Waals surface area (Å²) in [6.45, 7) is 2.03. The average Bonchev–Trinajstić information content (AvgIpc) is 2.11. The molecule has 0 bridgehead atoms. The maximum Gasteiger partial charge on any atom is 0.108 e. The molecule has 1 aliphatic carbocycles. The van der Waals surface area contributed by atoms with Crippen LogP contribution in [0.4, 0.5) is 0 Å². The summed E-state index contributed by atoms with van der Waals surface area (Å²) >= 11 is 0. The lowest BCUT2D eigenvalue weighted by Gasteiger charge is -1.99. The molecule has 3 nitrogen and oxygen atoms in total. The molecule has 58 valence electrons. The van der Waals surface area contributed by atoms with Crippen LogP contribution >= 0.6 is 0 Å². The molecule has 0 aromatic rings. The fourth-order valence-electron chi connectivity index (χ4n) is 0.944. The normalized spacial score (nSPS) is 23.5. The summed E-state index contributed by atoms with van der Waals surface area (Å²) in [5.74, 6) is 0.325. The number of nitrogens with two attached hydrogens (primary N) is 1. The minimum absolute atomic E-state index is 0.325. The molecule has 1 atom stereocenters. The summed E-state index contributed by atoms with van der Waals surface area (Å²) in [7, 11) is 0. The van der Waals surface area contributed by atoms with Gasteiger partial charge >= 0.3 is 0 Å². The van der Waals surface area contributed by atoms with Crippen LogP contribution in [0.5, 0.6) is 0 Å². The van der Waals surface area contributed by atoms with Crippen LogP contribution in [0.15, 0.2) is 40.8 Å². The molecular formula is C8H11N3. The quantitative estimate of drug-likeness (QED) is 0.550. The maximum atomic E-state index is 6.79. The smallest absolute Gasteiger partial charge is 0.108 e. The van der Waals surface area contributed by atoms with E-state index in [1.807, 2.05) is 25.2 Å². The van der Waals surface area contributed by atoms with E-state index >= 15 is 0 Å². The van der Waals surface area contributed by atoms with E-state index in [9.17, 15) is 0 Å². The first-order valence-electron chi connectivity index (χ1n) is 3.47. The minimum Gasteiger partial charge on any atom is -0.397 e. The molecule has 1 aliphatic rings. The first-order chi connectivity index (χ1) is 5.24. The highest BCUT2D eigenvalue weighted by Crippen LogP contribution is 2.14. The predicted molar refractivity (Wildman–Crippen MR) is 43.8 cm³/mol. The van der Waals surface area contributed by atoms with Gasteiger partial charge in [-0.3, -0.25) is 0 Å². The topological polar surface area (TPSA) is 62.2 Å². The van der Waals surface area contributed by atoms with E-state index < -0.39 is 0 Å². The zero-order valence-electron chi connectivity index (χ0n) is 6.41. The van der Waals surface area contributed by atoms with E-state index in [0.717, 1.165) is 0 Å². The van der Waals surface area contributed by atoms with Crippen molar-refractivity contribution in [2.45, 2.75) is 6.92 Å². The average molecular weight is 149 g/mol. The SMILES string of the molecule is CC1C=CC=C(N=N)C(N)=C1. The Morgan fingerprint density at radius 3 is 3.00 bits per heavy atom. The van der Waals surface area contributed by atoms with Gasteiger partial charge in [0.05, 0.1) is 5.70 Å². The third-order valence-electron chi connectivity index (χ3n) is 1.53. The van der Waals surface area contributed by atoms with Crippen LogP contribution in [-0.4, -0.2) is 0 Å². The molecule has 0 aromatic heterocycles. The van der Waals surface area contributed by atoms with Crippen LogP contribution < -0.4 is 5.73 Å². The molecule has 0 radical (unpaired) electrons. The predicted octanol–water partition coefficient (Wildman–Crippen LogP) is 1.95. The van der Waals surface area contributed by atoms with Gasteiger partial charge in [-0.2, -0.15) is 5.11 Å². The Hall–Kier alpha value is -1.38. The van der Waals surface area contributed by atoms with Crippen molar-refractivity contribution in [1.29, 1.82) is 5.53 Å². The second kappa shape index (κ2) is 3.14. The van der Waals surface area contributed by atoms with Gasteiger partial charge in [-0.15, -0.1) is 0 Å². The van der Waals surface area contributed by atoms with Crippen LogP contribution in [0.3, 0.4) is 0 Å². The standard InChI is InChI=1S/C8H11N3/c1-6-3-2-4-8(11-10)7(9)5-6/h2-6,10H,9H2,1H3. The second-order valence-electron chi connectivity index (χ2n) is 2.53. The molecule has 0 aliphatic heterocycles. The summed E-state index contributed by atoms with van der Waals surface area (Å²) in [5.41, 5.74) is 13.5. The highest BCUT2D eigenvalue weighted by molar-refractivity contribution is 5.33. The highest BCUT2D eigenvalue weighted by atomic mass is 15.0. The highest BCUT2D eigenvalue weighted by Gasteiger charge is 2.02. The monoisotopic (exact) mass is 149 g/mol. The Morgan fingerprint density at radius 2 is 2.36 bits per heavy atom. The van der Waals surface area contributed by atoms with Crippen molar-refractivity contribution in [1.82, 2.24) is 0 Å². The second-order valence-corrected chi connectivity index (χ2v) is 2.53. The molecule has 11 heavy (non-hydrogen) atoms. The van der Waals surface area contributed by atoms with Gasteiger partial charge in [0.25, 0.3) is 0 Å². The van der Waals surface area contributed by atoms with Gasteiger partial charge < -0.3 is 5.73 Å². The lowest BCUT2D eigenvalue weighted by Crippen LogP contribution is -2.00. The lowest BCUT2D eigenvalue weighted by molar-refractivity contribution is 0.923. The number of hydrogen-bond acceptors (Lipinski definition) is 3. The van der Waals surface area contributed by atoms with Crippen LogP contribution in [0, 0.1) is 11.4 Å². The summed E-state index contributed by atoms with van der Waals surface area (Å²) < 4.78 is 0. The molecule has 0 spiro atoms. The third kappa shape index (κ3) is 1.77. The Bertz CT molecular complexity index is 248. The molecule has 3 heteroatoms. The maximum absolute atomic E-state index is 6.79. The van der Waals surface area contributed by atoms with Crippen molar-refractivity contribution in [3.8, 4) is 0 Å². The molecule has 0 fully saturated rings. The molecule has 0 saturated carbocycles. The summed E-state index contributed by atoms with van der Waals surface area (Å²) in [5, 5.41) is 3.29. The van der Waals surface area contributed by atoms with Gasteiger partial charge in [-0.1, -0.05) is 25.2 Å². The largest absolute Gasteiger partial charge is 0.397 e. The minimum atomic E-state index is 0.325. The number of nitrogens with one attached hydrogen (secondary N) is 1.